The number of aromatic nitrogens is 2. The molecule has 0 amide bonds. The van der Waals surface area contributed by atoms with Crippen molar-refractivity contribution in [2.75, 3.05) is 25.6 Å². The summed E-state index contributed by atoms with van der Waals surface area (Å²) in [4.78, 5) is 13.9. The first-order chi connectivity index (χ1) is 13.8. The number of carbonyl (C=O) groups is 1. The molecule has 0 N–H and O–H groups in total. The van der Waals surface area contributed by atoms with Gasteiger partial charge in [0.25, 0.3) is 0 Å². The molecule has 0 saturated heterocycles. The normalized spacial score (nSPS) is 11.3. The van der Waals surface area contributed by atoms with Crippen LogP contribution >= 0.6 is 11.6 Å². The van der Waals surface area contributed by atoms with Crippen LogP contribution in [-0.4, -0.2) is 36.5 Å². The Bertz CT molecular complexity index is 1030. The second kappa shape index (κ2) is 8.87. The van der Waals surface area contributed by atoms with Crippen LogP contribution in [0.4, 0.5) is 5.69 Å². The molecule has 0 bridgehead atoms. The Morgan fingerprint density at radius 2 is 2.03 bits per heavy atom. The van der Waals surface area contributed by atoms with E-state index in [0.29, 0.717) is 23.8 Å². The highest BCUT2D eigenvalue weighted by Gasteiger charge is 2.16. The van der Waals surface area contributed by atoms with Crippen LogP contribution in [0.3, 0.4) is 0 Å². The van der Waals surface area contributed by atoms with Gasteiger partial charge in [-0.1, -0.05) is 31.5 Å². The van der Waals surface area contributed by atoms with Gasteiger partial charge in [0.1, 0.15) is 0 Å². The molecule has 3 rings (SSSR count). The van der Waals surface area contributed by atoms with Gasteiger partial charge in [-0.2, -0.15) is 5.10 Å². The Morgan fingerprint density at radius 3 is 2.72 bits per heavy atom. The fourth-order valence-corrected chi connectivity index (χ4v) is 3.91. The van der Waals surface area contributed by atoms with E-state index >= 15 is 0 Å². The standard InChI is InChI=1S/C23H28ClN3O2/c1-15(2)14-26(3)22-12-20(24)17(7-9-23(28)29-5)11-19(22)16-6-8-21-18(10-16)13-25-27(21)4/h6,8,10-13,15H,7,9,14H2,1-5H3. The topological polar surface area (TPSA) is 47.4 Å². The summed E-state index contributed by atoms with van der Waals surface area (Å²) in [6.07, 6.45) is 2.73. The summed E-state index contributed by atoms with van der Waals surface area (Å²) in [7, 11) is 5.44. The van der Waals surface area contributed by atoms with Gasteiger partial charge in [-0.3, -0.25) is 9.48 Å². The third-order valence-electron chi connectivity index (χ3n) is 5.10. The zero-order valence-corrected chi connectivity index (χ0v) is 18.5. The van der Waals surface area contributed by atoms with Crippen molar-refractivity contribution in [1.29, 1.82) is 0 Å². The van der Waals surface area contributed by atoms with Gasteiger partial charge < -0.3 is 9.64 Å². The van der Waals surface area contributed by atoms with Crippen molar-refractivity contribution in [3.05, 3.63) is 47.1 Å². The number of anilines is 1. The Balaban J connectivity index is 2.09. The summed E-state index contributed by atoms with van der Waals surface area (Å²) in [5, 5.41) is 6.11. The van der Waals surface area contributed by atoms with Gasteiger partial charge in [0.05, 0.1) is 18.8 Å². The van der Waals surface area contributed by atoms with Crippen LogP contribution in [-0.2, 0) is 23.0 Å². The SMILES string of the molecule is COC(=O)CCc1cc(-c2ccc3c(cnn3C)c2)c(N(C)CC(C)C)cc1Cl. The summed E-state index contributed by atoms with van der Waals surface area (Å²) >= 11 is 6.60. The van der Waals surface area contributed by atoms with Crippen LogP contribution < -0.4 is 4.90 Å². The summed E-state index contributed by atoms with van der Waals surface area (Å²) < 4.78 is 6.65. The highest BCUT2D eigenvalue weighted by Crippen LogP contribution is 2.37. The van der Waals surface area contributed by atoms with Gasteiger partial charge in [-0.15, -0.1) is 0 Å². The van der Waals surface area contributed by atoms with Crippen molar-refractivity contribution in [3.63, 3.8) is 0 Å². The number of ether oxygens (including phenoxy) is 1. The first-order valence-electron chi connectivity index (χ1n) is 9.82. The van der Waals surface area contributed by atoms with Gasteiger partial charge in [-0.05, 0) is 47.7 Å². The van der Waals surface area contributed by atoms with Gasteiger partial charge >= 0.3 is 5.97 Å². The molecule has 5 nitrogen and oxygen atoms in total. The summed E-state index contributed by atoms with van der Waals surface area (Å²) in [5.74, 6) is 0.284. The van der Waals surface area contributed by atoms with E-state index < -0.39 is 0 Å². The van der Waals surface area contributed by atoms with Crippen molar-refractivity contribution in [3.8, 4) is 11.1 Å². The molecule has 0 aliphatic rings. The lowest BCUT2D eigenvalue weighted by Crippen LogP contribution is -2.23. The minimum Gasteiger partial charge on any atom is -0.469 e. The molecule has 154 valence electrons. The summed E-state index contributed by atoms with van der Waals surface area (Å²) in [5.41, 5.74) is 5.31. The predicted octanol–water partition coefficient (Wildman–Crippen LogP) is 5.09. The Morgan fingerprint density at radius 1 is 1.28 bits per heavy atom. The summed E-state index contributed by atoms with van der Waals surface area (Å²) in [6.45, 7) is 5.31. The summed E-state index contributed by atoms with van der Waals surface area (Å²) in [6, 6.07) is 10.5. The molecular weight excluding hydrogens is 386 g/mol. The quantitative estimate of drug-likeness (QED) is 0.506. The van der Waals surface area contributed by atoms with Crippen LogP contribution in [0.2, 0.25) is 5.02 Å². The molecular formula is C23H28ClN3O2. The van der Waals surface area contributed by atoms with E-state index in [-0.39, 0.29) is 5.97 Å². The van der Waals surface area contributed by atoms with Crippen molar-refractivity contribution >= 4 is 34.2 Å². The second-order valence-electron chi connectivity index (χ2n) is 7.85. The Labute approximate surface area is 177 Å². The van der Waals surface area contributed by atoms with Crippen molar-refractivity contribution in [2.45, 2.75) is 26.7 Å². The third-order valence-corrected chi connectivity index (χ3v) is 5.45. The number of nitrogens with zero attached hydrogens (tertiary/aromatic N) is 3. The number of halogens is 1. The first-order valence-corrected chi connectivity index (χ1v) is 10.2. The van der Waals surface area contributed by atoms with E-state index in [1.807, 2.05) is 24.0 Å². The lowest BCUT2D eigenvalue weighted by molar-refractivity contribution is -0.140. The average molecular weight is 414 g/mol. The van der Waals surface area contributed by atoms with Gasteiger partial charge in [0.2, 0.25) is 0 Å². The molecule has 29 heavy (non-hydrogen) atoms. The number of esters is 1. The predicted molar refractivity (Wildman–Crippen MR) is 120 cm³/mol. The number of fused-ring (bicyclic) bond motifs is 1. The average Bonchev–Trinajstić information content (AvgIpc) is 3.06. The maximum Gasteiger partial charge on any atom is 0.305 e. The molecule has 6 heteroatoms. The third kappa shape index (κ3) is 4.73. The van der Waals surface area contributed by atoms with Gasteiger partial charge in [-0.25, -0.2) is 0 Å². The minimum absolute atomic E-state index is 0.236. The van der Waals surface area contributed by atoms with E-state index in [4.69, 9.17) is 16.3 Å². The lowest BCUT2D eigenvalue weighted by atomic mass is 9.97. The first kappa shape index (κ1) is 21.2. The van der Waals surface area contributed by atoms with Crippen LogP contribution in [0, 0.1) is 5.92 Å². The van der Waals surface area contributed by atoms with Crippen molar-refractivity contribution in [2.24, 2.45) is 13.0 Å². The molecule has 0 aliphatic carbocycles. The molecule has 0 radical (unpaired) electrons. The highest BCUT2D eigenvalue weighted by molar-refractivity contribution is 6.32. The van der Waals surface area contributed by atoms with E-state index in [0.717, 1.165) is 39.8 Å². The molecule has 1 aromatic heterocycles. The Hall–Kier alpha value is -2.53. The number of carbonyl (C=O) groups excluding carboxylic acids is 1. The minimum atomic E-state index is -0.236. The van der Waals surface area contributed by atoms with E-state index in [2.05, 4.69) is 55.2 Å². The largest absolute Gasteiger partial charge is 0.469 e. The van der Waals surface area contributed by atoms with Crippen LogP contribution in [0.25, 0.3) is 22.0 Å². The molecule has 0 fully saturated rings. The molecule has 0 atom stereocenters. The molecule has 0 spiro atoms. The van der Waals surface area contributed by atoms with Gasteiger partial charge in [0.15, 0.2) is 0 Å². The lowest BCUT2D eigenvalue weighted by Gasteiger charge is -2.26. The maximum absolute atomic E-state index is 11.6. The molecule has 1 heterocycles. The molecule has 0 aliphatic heterocycles. The number of methoxy groups -OCH3 is 1. The van der Waals surface area contributed by atoms with Crippen molar-refractivity contribution in [1.82, 2.24) is 9.78 Å². The number of hydrogen-bond donors (Lipinski definition) is 0. The number of benzene rings is 2. The van der Waals surface area contributed by atoms with Crippen LogP contribution in [0.1, 0.15) is 25.8 Å². The monoisotopic (exact) mass is 413 g/mol. The second-order valence-corrected chi connectivity index (χ2v) is 8.26. The Kier molecular flexibility index (Phi) is 6.48. The van der Waals surface area contributed by atoms with E-state index in [1.165, 1.54) is 7.11 Å². The molecule has 2 aromatic carbocycles. The molecule has 0 saturated carbocycles. The number of aryl methyl sites for hydroxylation is 2. The van der Waals surface area contributed by atoms with Crippen LogP contribution in [0.5, 0.6) is 0 Å². The molecule has 3 aromatic rings. The zero-order chi connectivity index (χ0) is 21.1. The van der Waals surface area contributed by atoms with E-state index in [1.54, 1.807) is 0 Å². The van der Waals surface area contributed by atoms with Crippen LogP contribution in [0.15, 0.2) is 36.5 Å². The van der Waals surface area contributed by atoms with Gasteiger partial charge in [0, 0.05) is 48.7 Å². The zero-order valence-electron chi connectivity index (χ0n) is 17.7. The van der Waals surface area contributed by atoms with E-state index in [9.17, 15) is 4.79 Å². The molecule has 0 unspecified atom stereocenters. The fraction of sp³-hybridized carbons (Fsp3) is 0.391. The van der Waals surface area contributed by atoms with Crippen molar-refractivity contribution < 1.29 is 9.53 Å². The highest BCUT2D eigenvalue weighted by atomic mass is 35.5. The number of hydrogen-bond acceptors (Lipinski definition) is 4. The smallest absolute Gasteiger partial charge is 0.305 e. The fourth-order valence-electron chi connectivity index (χ4n) is 3.66. The maximum atomic E-state index is 11.6. The number of rotatable bonds is 7.